The van der Waals surface area contributed by atoms with Crippen molar-refractivity contribution in [2.75, 3.05) is 0 Å². The third kappa shape index (κ3) is 5.10. The van der Waals surface area contributed by atoms with Crippen molar-refractivity contribution in [1.29, 1.82) is 0 Å². The summed E-state index contributed by atoms with van der Waals surface area (Å²) in [4.78, 5) is 20.5. The summed E-state index contributed by atoms with van der Waals surface area (Å²) in [5, 5.41) is 6.14. The molecule has 2 heterocycles. The summed E-state index contributed by atoms with van der Waals surface area (Å²) in [6.07, 6.45) is 3.33. The number of benzene rings is 2. The second-order valence-electron chi connectivity index (χ2n) is 7.35. The Balaban J connectivity index is 1.48. The summed E-state index contributed by atoms with van der Waals surface area (Å²) in [6.45, 7) is 0. The Morgan fingerprint density at radius 2 is 1.81 bits per heavy atom. The Bertz CT molecular complexity index is 1380. The number of H-pyrrole nitrogens is 1. The lowest BCUT2D eigenvalue weighted by atomic mass is 10.0. The molecule has 4 rings (SSSR count). The fourth-order valence-electron chi connectivity index (χ4n) is 3.47. The highest BCUT2D eigenvalue weighted by molar-refractivity contribution is 9.10. The zero-order chi connectivity index (χ0) is 22.0. The van der Waals surface area contributed by atoms with Crippen molar-refractivity contribution >= 4 is 42.8 Å². The Morgan fingerprint density at radius 3 is 2.58 bits per heavy atom. The Labute approximate surface area is 188 Å². The molecule has 0 bridgehead atoms. The van der Waals surface area contributed by atoms with Crippen LogP contribution in [0.1, 0.15) is 27.2 Å². The van der Waals surface area contributed by atoms with Crippen molar-refractivity contribution in [2.24, 2.45) is 5.14 Å². The van der Waals surface area contributed by atoms with E-state index in [2.05, 4.69) is 25.9 Å². The topological polar surface area (TPSA) is 106 Å². The minimum Gasteiger partial charge on any atom is -0.343 e. The Morgan fingerprint density at radius 1 is 1.00 bits per heavy atom. The van der Waals surface area contributed by atoms with E-state index in [4.69, 9.17) is 5.14 Å². The number of aromatic nitrogens is 2. The molecule has 0 saturated heterocycles. The van der Waals surface area contributed by atoms with Gasteiger partial charge in [-0.05, 0) is 54.3 Å². The summed E-state index contributed by atoms with van der Waals surface area (Å²) in [7, 11) is -3.71. The smallest absolute Gasteiger partial charge is 0.238 e. The normalized spacial score (nSPS) is 11.7. The van der Waals surface area contributed by atoms with E-state index < -0.39 is 10.0 Å². The van der Waals surface area contributed by atoms with Crippen LogP contribution < -0.4 is 5.14 Å². The highest BCUT2D eigenvalue weighted by atomic mass is 79.9. The molecule has 0 saturated carbocycles. The van der Waals surface area contributed by atoms with Gasteiger partial charge in [0.15, 0.2) is 5.78 Å². The van der Waals surface area contributed by atoms with Crippen LogP contribution in [-0.4, -0.2) is 24.2 Å². The standard InChI is InChI=1S/C23H20BrN3O3S/c24-21-7-2-1-6-20(21)22(28)12-16-10-17-13-18(27-23(17)26-14-16)9-8-15-4-3-5-19(11-15)31(25,29)30/h1-7,10-11,13-14H,8-9,12H2,(H,26,27)(H2,25,29,30). The average Bonchev–Trinajstić information content (AvgIpc) is 3.14. The van der Waals surface area contributed by atoms with Gasteiger partial charge in [-0.2, -0.15) is 0 Å². The zero-order valence-electron chi connectivity index (χ0n) is 16.5. The van der Waals surface area contributed by atoms with Crippen LogP contribution in [0.5, 0.6) is 0 Å². The van der Waals surface area contributed by atoms with Gasteiger partial charge in [0.2, 0.25) is 10.0 Å². The number of aryl methyl sites for hydroxylation is 2. The first-order valence-electron chi connectivity index (χ1n) is 9.65. The molecule has 0 amide bonds. The third-order valence-corrected chi connectivity index (χ3v) is 6.63. The largest absolute Gasteiger partial charge is 0.343 e. The molecule has 2 aromatic heterocycles. The van der Waals surface area contributed by atoms with Crippen LogP contribution in [0.2, 0.25) is 0 Å². The van der Waals surface area contributed by atoms with Crippen LogP contribution in [0, 0.1) is 0 Å². The lowest BCUT2D eigenvalue weighted by Crippen LogP contribution is -2.12. The average molecular weight is 498 g/mol. The number of Topliss-reactive ketones (excluding diaryl/α,β-unsaturated/α-hetero) is 1. The summed E-state index contributed by atoms with van der Waals surface area (Å²) < 4.78 is 23.8. The number of carbonyl (C=O) groups is 1. The fourth-order valence-corrected chi connectivity index (χ4v) is 4.56. The third-order valence-electron chi connectivity index (χ3n) is 5.03. The number of nitrogens with one attached hydrogen (secondary N) is 1. The Kier molecular flexibility index (Phi) is 6.04. The number of halogens is 1. The lowest BCUT2D eigenvalue weighted by Gasteiger charge is -2.03. The number of rotatable bonds is 7. The van der Waals surface area contributed by atoms with Gasteiger partial charge in [-0.15, -0.1) is 0 Å². The fraction of sp³-hybridized carbons (Fsp3) is 0.130. The number of aromatic amines is 1. The van der Waals surface area contributed by atoms with E-state index >= 15 is 0 Å². The van der Waals surface area contributed by atoms with Crippen LogP contribution in [0.4, 0.5) is 0 Å². The number of nitrogens with two attached hydrogens (primary N) is 1. The number of pyridine rings is 1. The van der Waals surface area contributed by atoms with E-state index in [0.29, 0.717) is 18.4 Å². The molecule has 6 nitrogen and oxygen atoms in total. The number of primary sulfonamides is 1. The molecule has 0 atom stereocenters. The summed E-state index contributed by atoms with van der Waals surface area (Å²) >= 11 is 3.42. The predicted molar refractivity (Wildman–Crippen MR) is 123 cm³/mol. The van der Waals surface area contributed by atoms with E-state index in [1.54, 1.807) is 24.4 Å². The highest BCUT2D eigenvalue weighted by Crippen LogP contribution is 2.21. The molecular weight excluding hydrogens is 478 g/mol. The molecular formula is C23H20BrN3O3S. The van der Waals surface area contributed by atoms with Crippen molar-refractivity contribution in [1.82, 2.24) is 9.97 Å². The van der Waals surface area contributed by atoms with Gasteiger partial charge in [0.1, 0.15) is 5.65 Å². The number of hydrogen-bond donors (Lipinski definition) is 2. The predicted octanol–water partition coefficient (Wildman–Crippen LogP) is 4.18. The first-order valence-corrected chi connectivity index (χ1v) is 12.0. The molecule has 0 radical (unpaired) electrons. The van der Waals surface area contributed by atoms with Crippen LogP contribution >= 0.6 is 15.9 Å². The van der Waals surface area contributed by atoms with Gasteiger partial charge in [0.05, 0.1) is 4.90 Å². The molecule has 0 aliphatic rings. The van der Waals surface area contributed by atoms with E-state index in [1.807, 2.05) is 36.4 Å². The van der Waals surface area contributed by atoms with Crippen molar-refractivity contribution < 1.29 is 13.2 Å². The van der Waals surface area contributed by atoms with E-state index in [9.17, 15) is 13.2 Å². The zero-order valence-corrected chi connectivity index (χ0v) is 18.9. The van der Waals surface area contributed by atoms with Crippen LogP contribution in [0.15, 0.2) is 76.2 Å². The lowest BCUT2D eigenvalue weighted by molar-refractivity contribution is 0.0992. The van der Waals surface area contributed by atoms with Gasteiger partial charge in [0, 0.05) is 33.7 Å². The number of ketones is 1. The highest BCUT2D eigenvalue weighted by Gasteiger charge is 2.12. The van der Waals surface area contributed by atoms with E-state index in [-0.39, 0.29) is 17.1 Å². The van der Waals surface area contributed by atoms with E-state index in [1.165, 1.54) is 6.07 Å². The number of fused-ring (bicyclic) bond motifs is 1. The first-order chi connectivity index (χ1) is 14.8. The first kappa shape index (κ1) is 21.4. The molecule has 0 unspecified atom stereocenters. The van der Waals surface area contributed by atoms with Gasteiger partial charge >= 0.3 is 0 Å². The minimum atomic E-state index is -3.71. The van der Waals surface area contributed by atoms with E-state index in [0.717, 1.165) is 32.3 Å². The van der Waals surface area contributed by atoms with Crippen molar-refractivity contribution in [3.05, 3.63) is 93.7 Å². The quantitative estimate of drug-likeness (QED) is 0.373. The monoisotopic (exact) mass is 497 g/mol. The maximum atomic E-state index is 12.6. The number of sulfonamides is 1. The number of nitrogens with zero attached hydrogens (tertiary/aromatic N) is 1. The minimum absolute atomic E-state index is 0.0270. The van der Waals surface area contributed by atoms with Crippen molar-refractivity contribution in [3.63, 3.8) is 0 Å². The molecule has 0 spiro atoms. The van der Waals surface area contributed by atoms with Crippen molar-refractivity contribution in [3.8, 4) is 0 Å². The molecule has 0 aliphatic carbocycles. The molecule has 4 aromatic rings. The van der Waals surface area contributed by atoms with Gasteiger partial charge in [-0.3, -0.25) is 4.79 Å². The summed E-state index contributed by atoms with van der Waals surface area (Å²) in [6, 6.07) is 18.0. The summed E-state index contributed by atoms with van der Waals surface area (Å²) in [5.74, 6) is 0.0270. The van der Waals surface area contributed by atoms with Crippen LogP contribution in [-0.2, 0) is 29.3 Å². The van der Waals surface area contributed by atoms with Crippen LogP contribution in [0.3, 0.4) is 0 Å². The molecule has 8 heteroatoms. The molecule has 3 N–H and O–H groups in total. The molecule has 31 heavy (non-hydrogen) atoms. The van der Waals surface area contributed by atoms with Crippen LogP contribution in [0.25, 0.3) is 11.0 Å². The maximum absolute atomic E-state index is 12.6. The molecule has 158 valence electrons. The summed E-state index contributed by atoms with van der Waals surface area (Å²) in [5.41, 5.74) is 4.12. The van der Waals surface area contributed by atoms with Gasteiger partial charge < -0.3 is 4.98 Å². The van der Waals surface area contributed by atoms with Crippen molar-refractivity contribution in [2.45, 2.75) is 24.2 Å². The van der Waals surface area contributed by atoms with Gasteiger partial charge in [-0.25, -0.2) is 18.5 Å². The number of carbonyl (C=O) groups excluding carboxylic acids is 1. The van der Waals surface area contributed by atoms with Gasteiger partial charge in [0.25, 0.3) is 0 Å². The number of hydrogen-bond acceptors (Lipinski definition) is 4. The molecule has 2 aromatic carbocycles. The molecule has 0 aliphatic heterocycles. The Hall–Kier alpha value is -2.81. The van der Waals surface area contributed by atoms with Gasteiger partial charge in [-0.1, -0.05) is 46.3 Å². The maximum Gasteiger partial charge on any atom is 0.238 e. The SMILES string of the molecule is NS(=O)(=O)c1cccc(CCc2cc3cc(CC(=O)c4ccccc4Br)cnc3[nH]2)c1. The second kappa shape index (κ2) is 8.74. The molecule has 0 fully saturated rings. The second-order valence-corrected chi connectivity index (χ2v) is 9.76.